The molecule has 1 heterocycles. The van der Waals surface area contributed by atoms with Gasteiger partial charge in [0.15, 0.2) is 4.77 Å². The van der Waals surface area contributed by atoms with Crippen molar-refractivity contribution in [3.05, 3.63) is 58.4 Å². The summed E-state index contributed by atoms with van der Waals surface area (Å²) in [4.78, 5) is 2.99. The highest BCUT2D eigenvalue weighted by molar-refractivity contribution is 7.71. The van der Waals surface area contributed by atoms with Crippen LogP contribution in [-0.2, 0) is 0 Å². The van der Waals surface area contributed by atoms with Crippen LogP contribution in [0.1, 0.15) is 5.56 Å². The number of aromatic nitrogens is 2. The summed E-state index contributed by atoms with van der Waals surface area (Å²) in [7, 11) is 0. The number of hydrogen-bond acceptors (Lipinski definition) is 1. The smallest absolute Gasteiger partial charge is 0.182 e. The van der Waals surface area contributed by atoms with Crippen molar-refractivity contribution in [2.24, 2.45) is 0 Å². The molecule has 0 aliphatic carbocycles. The van der Waals surface area contributed by atoms with Crippen LogP contribution in [-0.4, -0.2) is 9.55 Å². The van der Waals surface area contributed by atoms with E-state index in [4.69, 9.17) is 12.2 Å². The number of nitrogens with zero attached hydrogens (tertiary/aromatic N) is 1. The summed E-state index contributed by atoms with van der Waals surface area (Å²) < 4.78 is 29.1. The lowest BCUT2D eigenvalue weighted by atomic mass is 10.2. The molecule has 1 aromatic heterocycles. The summed E-state index contributed by atoms with van der Waals surface area (Å²) in [5.74, 6) is -1.01. The standard InChI is InChI=1S/C14H10F2N2S/c1-8-2-5-11-13(6-8)18(14(19)17-11)12-7-9(15)3-4-10(12)16/h2-7H,1H3,(H,17,19). The van der Waals surface area contributed by atoms with E-state index in [-0.39, 0.29) is 5.69 Å². The number of H-pyrrole nitrogens is 1. The highest BCUT2D eigenvalue weighted by Crippen LogP contribution is 2.23. The van der Waals surface area contributed by atoms with E-state index in [1.165, 1.54) is 4.57 Å². The SMILES string of the molecule is Cc1ccc2[nH]c(=S)n(-c3cc(F)ccc3F)c2c1. The lowest BCUT2D eigenvalue weighted by Gasteiger charge is -2.06. The van der Waals surface area contributed by atoms with Gasteiger partial charge in [-0.2, -0.15) is 0 Å². The first-order chi connectivity index (χ1) is 9.06. The van der Waals surface area contributed by atoms with Crippen LogP contribution in [0.5, 0.6) is 0 Å². The van der Waals surface area contributed by atoms with Crippen molar-refractivity contribution < 1.29 is 8.78 Å². The van der Waals surface area contributed by atoms with Gasteiger partial charge in [0.05, 0.1) is 16.7 Å². The molecule has 5 heteroatoms. The van der Waals surface area contributed by atoms with Gasteiger partial charge in [-0.15, -0.1) is 0 Å². The largest absolute Gasteiger partial charge is 0.330 e. The number of rotatable bonds is 1. The molecule has 0 bridgehead atoms. The first kappa shape index (κ1) is 12.0. The van der Waals surface area contributed by atoms with Gasteiger partial charge in [0.1, 0.15) is 11.6 Å². The minimum absolute atomic E-state index is 0.113. The number of imidazole rings is 1. The van der Waals surface area contributed by atoms with Crippen molar-refractivity contribution in [1.29, 1.82) is 0 Å². The van der Waals surface area contributed by atoms with Crippen LogP contribution >= 0.6 is 12.2 Å². The van der Waals surface area contributed by atoms with Gasteiger partial charge in [-0.1, -0.05) is 6.07 Å². The Labute approximate surface area is 113 Å². The van der Waals surface area contributed by atoms with Gasteiger partial charge >= 0.3 is 0 Å². The molecule has 0 aliphatic heterocycles. The zero-order valence-electron chi connectivity index (χ0n) is 10.1. The molecule has 96 valence electrons. The Bertz CT molecular complexity index is 833. The zero-order valence-corrected chi connectivity index (χ0v) is 10.9. The van der Waals surface area contributed by atoms with E-state index in [0.717, 1.165) is 34.8 Å². The van der Waals surface area contributed by atoms with E-state index in [0.29, 0.717) is 4.77 Å². The first-order valence-corrected chi connectivity index (χ1v) is 6.14. The van der Waals surface area contributed by atoms with Crippen LogP contribution in [0.4, 0.5) is 8.78 Å². The molecule has 0 amide bonds. The zero-order chi connectivity index (χ0) is 13.6. The fourth-order valence-electron chi connectivity index (χ4n) is 2.11. The van der Waals surface area contributed by atoms with Gasteiger partial charge in [-0.05, 0) is 49.0 Å². The number of nitrogens with one attached hydrogen (secondary N) is 1. The number of halogens is 2. The maximum atomic E-state index is 13.9. The Morgan fingerprint density at radius 1 is 1.11 bits per heavy atom. The number of aromatic amines is 1. The highest BCUT2D eigenvalue weighted by atomic mass is 32.1. The molecule has 3 aromatic rings. The Kier molecular flexibility index (Phi) is 2.71. The maximum absolute atomic E-state index is 13.9. The van der Waals surface area contributed by atoms with E-state index >= 15 is 0 Å². The molecule has 0 unspecified atom stereocenters. The molecule has 19 heavy (non-hydrogen) atoms. The van der Waals surface area contributed by atoms with Crippen molar-refractivity contribution in [3.8, 4) is 5.69 Å². The lowest BCUT2D eigenvalue weighted by molar-refractivity contribution is 0.593. The van der Waals surface area contributed by atoms with Crippen molar-refractivity contribution in [2.45, 2.75) is 6.92 Å². The molecule has 2 aromatic carbocycles. The summed E-state index contributed by atoms with van der Waals surface area (Å²) >= 11 is 5.20. The monoisotopic (exact) mass is 276 g/mol. The summed E-state index contributed by atoms with van der Waals surface area (Å²) in [5, 5.41) is 0. The second-order valence-electron chi connectivity index (χ2n) is 4.38. The quantitative estimate of drug-likeness (QED) is 0.658. The average Bonchev–Trinajstić information content (AvgIpc) is 2.68. The van der Waals surface area contributed by atoms with Gasteiger partial charge in [0, 0.05) is 6.07 Å². The molecular formula is C14H10F2N2S. The van der Waals surface area contributed by atoms with Gasteiger partial charge in [-0.25, -0.2) is 8.78 Å². The van der Waals surface area contributed by atoms with E-state index in [1.807, 2.05) is 25.1 Å². The fourth-order valence-corrected chi connectivity index (χ4v) is 2.42. The average molecular weight is 276 g/mol. The van der Waals surface area contributed by atoms with Crippen molar-refractivity contribution >= 4 is 23.3 Å². The molecule has 1 N–H and O–H groups in total. The molecule has 0 radical (unpaired) electrons. The predicted molar refractivity (Wildman–Crippen MR) is 73.1 cm³/mol. The molecule has 0 fully saturated rings. The Morgan fingerprint density at radius 2 is 1.89 bits per heavy atom. The summed E-state index contributed by atoms with van der Waals surface area (Å²) in [6, 6.07) is 9.00. The molecule has 3 rings (SSSR count). The van der Waals surface area contributed by atoms with E-state index in [1.54, 1.807) is 0 Å². The Hall–Kier alpha value is -2.01. The van der Waals surface area contributed by atoms with E-state index < -0.39 is 11.6 Å². The third-order valence-electron chi connectivity index (χ3n) is 2.99. The summed E-state index contributed by atoms with van der Waals surface area (Å²) in [5.41, 5.74) is 2.66. The third-order valence-corrected chi connectivity index (χ3v) is 3.27. The number of hydrogen-bond donors (Lipinski definition) is 1. The minimum atomic E-state index is -0.514. The Balaban J connectivity index is 2.42. The summed E-state index contributed by atoms with van der Waals surface area (Å²) in [6.07, 6.45) is 0. The van der Waals surface area contributed by atoms with Gasteiger partial charge in [0.25, 0.3) is 0 Å². The topological polar surface area (TPSA) is 20.7 Å². The van der Waals surface area contributed by atoms with Crippen LogP contribution in [0.3, 0.4) is 0 Å². The van der Waals surface area contributed by atoms with Gasteiger partial charge in [-0.3, -0.25) is 4.57 Å². The van der Waals surface area contributed by atoms with E-state index in [2.05, 4.69) is 4.98 Å². The molecule has 2 nitrogen and oxygen atoms in total. The number of fused-ring (bicyclic) bond motifs is 1. The third kappa shape index (κ3) is 1.96. The van der Waals surface area contributed by atoms with Crippen LogP contribution in [0.15, 0.2) is 36.4 Å². The first-order valence-electron chi connectivity index (χ1n) is 5.73. The van der Waals surface area contributed by atoms with Crippen LogP contribution in [0.25, 0.3) is 16.7 Å². The predicted octanol–water partition coefficient (Wildman–Crippen LogP) is 4.27. The molecule has 0 spiro atoms. The lowest BCUT2D eigenvalue weighted by Crippen LogP contribution is -1.98. The number of aryl methyl sites for hydroxylation is 1. The normalized spacial score (nSPS) is 11.1. The molecule has 0 aliphatic rings. The van der Waals surface area contributed by atoms with Crippen LogP contribution in [0, 0.1) is 23.3 Å². The van der Waals surface area contributed by atoms with Gasteiger partial charge in [0.2, 0.25) is 0 Å². The second-order valence-corrected chi connectivity index (χ2v) is 4.77. The molecular weight excluding hydrogens is 266 g/mol. The number of benzene rings is 2. The maximum Gasteiger partial charge on any atom is 0.182 e. The molecule has 0 atom stereocenters. The van der Waals surface area contributed by atoms with E-state index in [9.17, 15) is 8.78 Å². The minimum Gasteiger partial charge on any atom is -0.330 e. The summed E-state index contributed by atoms with van der Waals surface area (Å²) in [6.45, 7) is 1.93. The van der Waals surface area contributed by atoms with Crippen molar-refractivity contribution in [2.75, 3.05) is 0 Å². The highest BCUT2D eigenvalue weighted by Gasteiger charge is 2.11. The van der Waals surface area contributed by atoms with Gasteiger partial charge < -0.3 is 4.98 Å². The van der Waals surface area contributed by atoms with Crippen molar-refractivity contribution in [3.63, 3.8) is 0 Å². The van der Waals surface area contributed by atoms with Crippen LogP contribution in [0.2, 0.25) is 0 Å². The Morgan fingerprint density at radius 3 is 2.68 bits per heavy atom. The van der Waals surface area contributed by atoms with Crippen molar-refractivity contribution in [1.82, 2.24) is 9.55 Å². The molecule has 0 saturated carbocycles. The second kappa shape index (κ2) is 4.28. The fraction of sp³-hybridized carbons (Fsp3) is 0.0714. The van der Waals surface area contributed by atoms with Crippen LogP contribution < -0.4 is 0 Å². The molecule has 0 saturated heterocycles.